The average molecular weight is 473 g/mol. The van der Waals surface area contributed by atoms with Gasteiger partial charge in [-0.25, -0.2) is 9.07 Å². The Hall–Kier alpha value is -3.65. The minimum atomic E-state index is -0.268. The van der Waals surface area contributed by atoms with Gasteiger partial charge in [-0.2, -0.15) is 0 Å². The summed E-state index contributed by atoms with van der Waals surface area (Å²) in [6.45, 7) is 1.59. The highest BCUT2D eigenvalue weighted by atomic mass is 19.1. The number of benzene rings is 2. The molecule has 8 heteroatoms. The summed E-state index contributed by atoms with van der Waals surface area (Å²) in [7, 11) is 3.41. The molecular formula is C27H25FN4O3. The SMILES string of the molecule is COC1=CC=C2C3Cc4ccc(OC)c5c4C2(CCN3Cc2cn(-c3ccc(F)cc3)nn2)C1O5. The largest absolute Gasteiger partial charge is 0.497 e. The zero-order valence-corrected chi connectivity index (χ0v) is 19.6. The van der Waals surface area contributed by atoms with Gasteiger partial charge in [-0.15, -0.1) is 5.10 Å². The molecule has 0 saturated carbocycles. The van der Waals surface area contributed by atoms with Gasteiger partial charge in [0, 0.05) is 24.7 Å². The van der Waals surface area contributed by atoms with E-state index in [9.17, 15) is 4.39 Å². The highest BCUT2D eigenvalue weighted by Crippen LogP contribution is 2.62. The molecule has 2 aromatic carbocycles. The van der Waals surface area contributed by atoms with E-state index in [1.807, 2.05) is 12.3 Å². The molecule has 3 atom stereocenters. The number of hydrogen-bond donors (Lipinski definition) is 0. The van der Waals surface area contributed by atoms with Crippen molar-refractivity contribution in [1.29, 1.82) is 0 Å². The first-order chi connectivity index (χ1) is 17.1. The van der Waals surface area contributed by atoms with Crippen LogP contribution in [0.5, 0.6) is 11.5 Å². The number of nitrogens with zero attached hydrogens (tertiary/aromatic N) is 4. The topological polar surface area (TPSA) is 61.6 Å². The number of hydrogen-bond acceptors (Lipinski definition) is 6. The minimum Gasteiger partial charge on any atom is -0.497 e. The van der Waals surface area contributed by atoms with Crippen LogP contribution in [0.3, 0.4) is 0 Å². The molecule has 1 spiro atoms. The molecular weight excluding hydrogens is 447 g/mol. The smallest absolute Gasteiger partial charge is 0.169 e. The quantitative estimate of drug-likeness (QED) is 0.564. The van der Waals surface area contributed by atoms with Crippen LogP contribution in [0.15, 0.2) is 66.1 Å². The molecule has 2 bridgehead atoms. The van der Waals surface area contributed by atoms with E-state index >= 15 is 0 Å². The summed E-state index contributed by atoms with van der Waals surface area (Å²) in [5, 5.41) is 8.70. The maximum absolute atomic E-state index is 13.3. The average Bonchev–Trinajstić information content (AvgIpc) is 3.48. The third kappa shape index (κ3) is 2.80. The van der Waals surface area contributed by atoms with Crippen molar-refractivity contribution in [2.75, 3.05) is 20.8 Å². The van der Waals surface area contributed by atoms with Gasteiger partial charge in [0.05, 0.1) is 37.2 Å². The van der Waals surface area contributed by atoms with Crippen molar-refractivity contribution in [3.8, 4) is 17.2 Å². The van der Waals surface area contributed by atoms with Crippen LogP contribution >= 0.6 is 0 Å². The number of likely N-dealkylation sites (tertiary alicyclic amines) is 1. The van der Waals surface area contributed by atoms with Crippen molar-refractivity contribution in [2.45, 2.75) is 36.9 Å². The Balaban J connectivity index is 1.26. The van der Waals surface area contributed by atoms with E-state index in [2.05, 4.69) is 33.4 Å². The number of piperidine rings is 1. The maximum Gasteiger partial charge on any atom is 0.169 e. The first-order valence-electron chi connectivity index (χ1n) is 11.9. The van der Waals surface area contributed by atoms with Crippen molar-refractivity contribution in [3.05, 3.63) is 88.7 Å². The molecule has 1 aromatic heterocycles. The molecule has 0 radical (unpaired) electrons. The van der Waals surface area contributed by atoms with Gasteiger partial charge in [0.2, 0.25) is 0 Å². The second-order valence-electron chi connectivity index (χ2n) is 9.57. The maximum atomic E-state index is 13.3. The molecule has 2 aliphatic carbocycles. The molecule has 4 aliphatic rings. The van der Waals surface area contributed by atoms with Crippen LogP contribution in [0.1, 0.15) is 23.2 Å². The van der Waals surface area contributed by atoms with Crippen LogP contribution < -0.4 is 9.47 Å². The molecule has 2 aliphatic heterocycles. The molecule has 7 rings (SSSR count). The van der Waals surface area contributed by atoms with E-state index in [-0.39, 0.29) is 23.4 Å². The van der Waals surface area contributed by atoms with Crippen LogP contribution in [0.25, 0.3) is 5.69 Å². The van der Waals surface area contributed by atoms with E-state index in [1.54, 1.807) is 31.0 Å². The summed E-state index contributed by atoms with van der Waals surface area (Å²) in [5.74, 6) is 2.23. The normalized spacial score (nSPS) is 25.9. The minimum absolute atomic E-state index is 0.179. The number of allylic oxidation sites excluding steroid dienone is 2. The van der Waals surface area contributed by atoms with Gasteiger partial charge in [0.25, 0.3) is 0 Å². The highest BCUT2D eigenvalue weighted by Gasteiger charge is 2.62. The Morgan fingerprint density at radius 1 is 1.11 bits per heavy atom. The lowest BCUT2D eigenvalue weighted by atomic mass is 9.57. The van der Waals surface area contributed by atoms with E-state index in [0.717, 1.165) is 48.0 Å². The summed E-state index contributed by atoms with van der Waals surface area (Å²) < 4.78 is 33.0. The molecule has 1 fully saturated rings. The first kappa shape index (κ1) is 20.7. The van der Waals surface area contributed by atoms with Gasteiger partial charge in [-0.05, 0) is 60.4 Å². The molecule has 3 aromatic rings. The second-order valence-corrected chi connectivity index (χ2v) is 9.57. The predicted octanol–water partition coefficient (Wildman–Crippen LogP) is 3.71. The number of halogens is 1. The van der Waals surface area contributed by atoms with Gasteiger partial charge >= 0.3 is 0 Å². The number of aromatic nitrogens is 3. The fourth-order valence-corrected chi connectivity index (χ4v) is 6.49. The third-order valence-electron chi connectivity index (χ3n) is 8.00. The summed E-state index contributed by atoms with van der Waals surface area (Å²) >= 11 is 0. The van der Waals surface area contributed by atoms with Gasteiger partial charge in [-0.3, -0.25) is 4.90 Å². The zero-order valence-electron chi connectivity index (χ0n) is 19.6. The van der Waals surface area contributed by atoms with Gasteiger partial charge < -0.3 is 14.2 Å². The molecule has 7 nitrogen and oxygen atoms in total. The Morgan fingerprint density at radius 3 is 2.77 bits per heavy atom. The molecule has 3 heterocycles. The van der Waals surface area contributed by atoms with E-state index in [1.165, 1.54) is 28.8 Å². The van der Waals surface area contributed by atoms with Crippen molar-refractivity contribution in [1.82, 2.24) is 19.9 Å². The Kier molecular flexibility index (Phi) is 4.39. The number of ether oxygens (including phenoxy) is 3. The van der Waals surface area contributed by atoms with Crippen LogP contribution in [-0.2, 0) is 23.1 Å². The summed E-state index contributed by atoms with van der Waals surface area (Å²) in [6, 6.07) is 10.7. The van der Waals surface area contributed by atoms with Gasteiger partial charge in [-0.1, -0.05) is 17.4 Å². The van der Waals surface area contributed by atoms with Gasteiger partial charge in [0.1, 0.15) is 11.6 Å². The van der Waals surface area contributed by atoms with Crippen LogP contribution in [0, 0.1) is 5.82 Å². The molecule has 0 N–H and O–H groups in total. The zero-order chi connectivity index (χ0) is 23.7. The lowest BCUT2D eigenvalue weighted by Crippen LogP contribution is -2.59. The van der Waals surface area contributed by atoms with Crippen LogP contribution in [0.2, 0.25) is 0 Å². The Morgan fingerprint density at radius 2 is 1.97 bits per heavy atom. The van der Waals surface area contributed by atoms with Crippen molar-refractivity contribution < 1.29 is 18.6 Å². The van der Waals surface area contributed by atoms with E-state index in [0.29, 0.717) is 6.54 Å². The monoisotopic (exact) mass is 472 g/mol. The van der Waals surface area contributed by atoms with Crippen molar-refractivity contribution in [2.24, 2.45) is 0 Å². The van der Waals surface area contributed by atoms with E-state index < -0.39 is 0 Å². The first-order valence-corrected chi connectivity index (χ1v) is 11.9. The van der Waals surface area contributed by atoms with Crippen molar-refractivity contribution in [3.63, 3.8) is 0 Å². The van der Waals surface area contributed by atoms with Crippen molar-refractivity contribution >= 4 is 0 Å². The molecule has 35 heavy (non-hydrogen) atoms. The number of rotatable bonds is 5. The van der Waals surface area contributed by atoms with Crippen LogP contribution in [-0.4, -0.2) is 52.8 Å². The molecule has 178 valence electrons. The summed E-state index contributed by atoms with van der Waals surface area (Å²) in [6.07, 6.45) is 7.86. The third-order valence-corrected chi connectivity index (χ3v) is 8.00. The Labute approximate surface area is 202 Å². The van der Waals surface area contributed by atoms with E-state index in [4.69, 9.17) is 14.2 Å². The lowest BCUT2D eigenvalue weighted by Gasteiger charge is -2.53. The lowest BCUT2D eigenvalue weighted by molar-refractivity contribution is 0.0608. The molecule has 1 saturated heterocycles. The summed E-state index contributed by atoms with van der Waals surface area (Å²) in [5.41, 5.74) is 5.39. The molecule has 0 amide bonds. The molecule has 3 unspecified atom stereocenters. The fourth-order valence-electron chi connectivity index (χ4n) is 6.49. The van der Waals surface area contributed by atoms with Crippen LogP contribution in [0.4, 0.5) is 4.39 Å². The predicted molar refractivity (Wildman–Crippen MR) is 126 cm³/mol. The highest BCUT2D eigenvalue weighted by molar-refractivity contribution is 5.67. The second kappa shape index (κ2) is 7.42. The Bertz CT molecular complexity index is 1400. The fraction of sp³-hybridized carbons (Fsp3) is 0.333. The standard InChI is InChI=1S/C27H25FN4O3/c1-33-22-9-3-16-13-21-20-8-10-23(34-2)26-27(20,24(16)25(22)35-26)11-12-31(21)14-18-15-32(30-29-18)19-6-4-17(28)5-7-19/h3-10,15,21,26H,11-14H2,1-2H3. The summed E-state index contributed by atoms with van der Waals surface area (Å²) in [4.78, 5) is 2.49. The number of methoxy groups -OCH3 is 2. The van der Waals surface area contributed by atoms with Gasteiger partial charge in [0.15, 0.2) is 17.6 Å².